The average molecular weight is 409 g/mol. The van der Waals surface area contributed by atoms with Crippen molar-refractivity contribution in [1.29, 1.82) is 0 Å². The van der Waals surface area contributed by atoms with E-state index in [1.54, 1.807) is 0 Å². The molecule has 10 atom stereocenters. The first-order valence-electron chi connectivity index (χ1n) is 11.3. The van der Waals surface area contributed by atoms with Gasteiger partial charge in [-0.05, 0) is 73.5 Å². The van der Waals surface area contributed by atoms with Gasteiger partial charge in [0.1, 0.15) is 12.2 Å². The second kappa shape index (κ2) is 7.23. The monoisotopic (exact) mass is 408 g/mol. The summed E-state index contributed by atoms with van der Waals surface area (Å²) in [6.07, 6.45) is 4.25. The Balaban J connectivity index is 1.66. The minimum atomic E-state index is -0.711. The van der Waals surface area contributed by atoms with Crippen LogP contribution in [0, 0.1) is 34.5 Å². The first kappa shape index (κ1) is 21.1. The quantitative estimate of drug-likeness (QED) is 0.683. The third-order valence-electron chi connectivity index (χ3n) is 9.23. The van der Waals surface area contributed by atoms with Crippen molar-refractivity contribution in [3.63, 3.8) is 0 Å². The second-order valence-electron chi connectivity index (χ2n) is 10.7. The molecule has 164 valence electrons. The Hall–Kier alpha value is -1.14. The highest BCUT2D eigenvalue weighted by atomic mass is 16.5. The molecule has 0 aromatic rings. The van der Waals surface area contributed by atoms with E-state index < -0.39 is 12.2 Å². The van der Waals surface area contributed by atoms with Crippen LogP contribution in [0.1, 0.15) is 72.6 Å². The van der Waals surface area contributed by atoms with Gasteiger partial charge in [0.15, 0.2) is 0 Å². The van der Waals surface area contributed by atoms with Crippen molar-refractivity contribution in [1.82, 2.24) is 0 Å². The number of hydrogen-bond donors (Lipinski definition) is 2. The summed E-state index contributed by atoms with van der Waals surface area (Å²) in [5.41, 5.74) is -0.213. The van der Waals surface area contributed by atoms with E-state index in [2.05, 4.69) is 13.8 Å². The van der Waals surface area contributed by atoms with Crippen molar-refractivity contribution in [2.24, 2.45) is 34.5 Å². The summed E-state index contributed by atoms with van der Waals surface area (Å²) in [6.45, 7) is 7.40. The molecular formula is C23H36O6. The van der Waals surface area contributed by atoms with E-state index in [-0.39, 0.29) is 46.8 Å². The van der Waals surface area contributed by atoms with Gasteiger partial charge in [0.05, 0.1) is 12.2 Å². The molecule has 0 radical (unpaired) electrons. The largest absolute Gasteiger partial charge is 0.463 e. The molecule has 0 heterocycles. The first-order valence-corrected chi connectivity index (χ1v) is 11.3. The van der Waals surface area contributed by atoms with E-state index in [9.17, 15) is 19.8 Å². The second-order valence-corrected chi connectivity index (χ2v) is 10.7. The summed E-state index contributed by atoms with van der Waals surface area (Å²) in [7, 11) is 0. The number of ether oxygens (including phenoxy) is 2. The lowest BCUT2D eigenvalue weighted by Crippen LogP contribution is -2.59. The number of aliphatic hydroxyl groups is 2. The van der Waals surface area contributed by atoms with Crippen LogP contribution in [0.15, 0.2) is 0 Å². The Labute approximate surface area is 173 Å². The molecule has 0 saturated heterocycles. The molecule has 0 amide bonds. The summed E-state index contributed by atoms with van der Waals surface area (Å²) in [5.74, 6) is 0.545. The first-order chi connectivity index (χ1) is 13.6. The van der Waals surface area contributed by atoms with Gasteiger partial charge in [-0.25, -0.2) is 0 Å². The summed E-state index contributed by atoms with van der Waals surface area (Å²) >= 11 is 0. The number of aliphatic hydroxyl groups excluding tert-OH is 2. The highest BCUT2D eigenvalue weighted by Gasteiger charge is 2.65. The zero-order valence-corrected chi connectivity index (χ0v) is 18.1. The molecule has 6 nitrogen and oxygen atoms in total. The molecule has 0 bridgehead atoms. The Morgan fingerprint density at radius 1 is 0.862 bits per heavy atom. The summed E-state index contributed by atoms with van der Waals surface area (Å²) in [4.78, 5) is 23.4. The van der Waals surface area contributed by atoms with E-state index >= 15 is 0 Å². The molecule has 29 heavy (non-hydrogen) atoms. The molecule has 0 aromatic heterocycles. The van der Waals surface area contributed by atoms with E-state index in [0.29, 0.717) is 18.3 Å². The van der Waals surface area contributed by atoms with Crippen LogP contribution < -0.4 is 0 Å². The fourth-order valence-electron chi connectivity index (χ4n) is 7.83. The lowest BCUT2D eigenvalue weighted by molar-refractivity contribution is -0.198. The van der Waals surface area contributed by atoms with Gasteiger partial charge < -0.3 is 19.7 Å². The lowest BCUT2D eigenvalue weighted by Gasteiger charge is -2.62. The molecule has 0 spiro atoms. The number of rotatable bonds is 2. The SMILES string of the molecule is CC(=O)O[C@@H]1CC[C@]2(C)C3CC[C@@]4(C)C(C[C@@H](O)[C@@H]4O)C3[C@@H](OC(C)=O)C[C@H]2C1. The van der Waals surface area contributed by atoms with Crippen molar-refractivity contribution < 1.29 is 29.3 Å². The minimum Gasteiger partial charge on any atom is -0.463 e. The fourth-order valence-corrected chi connectivity index (χ4v) is 7.83. The van der Waals surface area contributed by atoms with Crippen LogP contribution in [-0.4, -0.2) is 46.6 Å². The molecule has 2 N–H and O–H groups in total. The van der Waals surface area contributed by atoms with E-state index in [1.807, 2.05) is 0 Å². The highest BCUT2D eigenvalue weighted by molar-refractivity contribution is 5.66. The van der Waals surface area contributed by atoms with Crippen LogP contribution in [0.4, 0.5) is 0 Å². The van der Waals surface area contributed by atoms with Crippen molar-refractivity contribution >= 4 is 11.9 Å². The van der Waals surface area contributed by atoms with Crippen LogP contribution in [0.25, 0.3) is 0 Å². The predicted octanol–water partition coefficient (Wildman–Crippen LogP) is 2.83. The molecule has 0 aromatic carbocycles. The smallest absolute Gasteiger partial charge is 0.302 e. The number of carbonyl (C=O) groups excluding carboxylic acids is 2. The summed E-state index contributed by atoms with van der Waals surface area (Å²) in [5, 5.41) is 21.2. The average Bonchev–Trinajstić information content (AvgIpc) is 2.85. The van der Waals surface area contributed by atoms with Crippen molar-refractivity contribution in [3.05, 3.63) is 0 Å². The van der Waals surface area contributed by atoms with Gasteiger partial charge in [0, 0.05) is 19.8 Å². The maximum atomic E-state index is 11.9. The maximum Gasteiger partial charge on any atom is 0.302 e. The van der Waals surface area contributed by atoms with E-state index in [0.717, 1.165) is 38.5 Å². The lowest BCUT2D eigenvalue weighted by atomic mass is 9.44. The van der Waals surface area contributed by atoms with Gasteiger partial charge in [-0.2, -0.15) is 0 Å². The van der Waals surface area contributed by atoms with Crippen LogP contribution in [-0.2, 0) is 19.1 Å². The van der Waals surface area contributed by atoms with Crippen molar-refractivity contribution in [2.45, 2.75) is 97.1 Å². The van der Waals surface area contributed by atoms with Gasteiger partial charge in [0.2, 0.25) is 0 Å². The highest BCUT2D eigenvalue weighted by Crippen LogP contribution is 2.66. The van der Waals surface area contributed by atoms with Crippen molar-refractivity contribution in [3.8, 4) is 0 Å². The van der Waals surface area contributed by atoms with Crippen LogP contribution >= 0.6 is 0 Å². The molecule has 4 aliphatic rings. The maximum absolute atomic E-state index is 11.9. The number of hydrogen-bond acceptors (Lipinski definition) is 6. The van der Waals surface area contributed by atoms with Crippen molar-refractivity contribution in [2.75, 3.05) is 0 Å². The number of esters is 2. The van der Waals surface area contributed by atoms with Crippen LogP contribution in [0.3, 0.4) is 0 Å². The molecule has 6 heteroatoms. The zero-order valence-electron chi connectivity index (χ0n) is 18.1. The molecule has 0 aliphatic heterocycles. The Kier molecular flexibility index (Phi) is 5.26. The van der Waals surface area contributed by atoms with Gasteiger partial charge in [-0.3, -0.25) is 9.59 Å². The molecular weight excluding hydrogens is 372 g/mol. The molecule has 4 saturated carbocycles. The van der Waals surface area contributed by atoms with Gasteiger partial charge >= 0.3 is 11.9 Å². The summed E-state index contributed by atoms with van der Waals surface area (Å²) < 4.78 is 11.4. The third-order valence-corrected chi connectivity index (χ3v) is 9.23. The molecule has 4 fully saturated rings. The van der Waals surface area contributed by atoms with Gasteiger partial charge in [0.25, 0.3) is 0 Å². The Morgan fingerprint density at radius 2 is 1.52 bits per heavy atom. The third kappa shape index (κ3) is 3.31. The standard InChI is InChI=1S/C23H36O6/c1-12(24)28-15-5-7-22(3)14(9-15)10-19(29-13(2)25)20-16(22)6-8-23(4)17(20)11-18(26)21(23)27/h14-21,26-27H,5-11H2,1-4H3/t14-,15-,16?,17?,18-,19+,20?,21+,22+,23+/m1/s1. The van der Waals surface area contributed by atoms with E-state index in [4.69, 9.17) is 9.47 Å². The zero-order chi connectivity index (χ0) is 21.1. The Morgan fingerprint density at radius 3 is 2.17 bits per heavy atom. The molecule has 3 unspecified atom stereocenters. The number of fused-ring (bicyclic) bond motifs is 5. The normalized spacial score (nSPS) is 51.4. The Bertz CT molecular complexity index is 678. The number of carbonyl (C=O) groups is 2. The van der Waals surface area contributed by atoms with Gasteiger partial charge in [-0.1, -0.05) is 13.8 Å². The van der Waals surface area contributed by atoms with Crippen LogP contribution in [0.5, 0.6) is 0 Å². The van der Waals surface area contributed by atoms with Crippen LogP contribution in [0.2, 0.25) is 0 Å². The predicted molar refractivity (Wildman–Crippen MR) is 106 cm³/mol. The van der Waals surface area contributed by atoms with E-state index in [1.165, 1.54) is 13.8 Å². The fraction of sp³-hybridized carbons (Fsp3) is 0.913. The topological polar surface area (TPSA) is 93.1 Å². The van der Waals surface area contributed by atoms with Gasteiger partial charge in [-0.15, -0.1) is 0 Å². The molecule has 4 aliphatic carbocycles. The minimum absolute atomic E-state index is 0.0518. The summed E-state index contributed by atoms with van der Waals surface area (Å²) in [6, 6.07) is 0. The molecule has 4 rings (SSSR count).